The number of rotatable bonds is 8. The molecule has 0 spiro atoms. The highest BCUT2D eigenvalue weighted by molar-refractivity contribution is 6.06. The van der Waals surface area contributed by atoms with Crippen LogP contribution >= 0.6 is 0 Å². The van der Waals surface area contributed by atoms with Crippen LogP contribution < -0.4 is 15.4 Å². The molecule has 0 fully saturated rings. The molecule has 1 heterocycles. The molecule has 37 heavy (non-hydrogen) atoms. The first-order chi connectivity index (χ1) is 18.0. The number of carbonyl (C=O) groups is 2. The number of nitrogens with one attached hydrogen (secondary N) is 2. The van der Waals surface area contributed by atoms with Gasteiger partial charge in [0.05, 0.1) is 11.3 Å². The van der Waals surface area contributed by atoms with Crippen molar-refractivity contribution in [2.75, 3.05) is 17.2 Å². The number of azide groups is 1. The lowest BCUT2D eigenvalue weighted by Crippen LogP contribution is -2.14. The van der Waals surface area contributed by atoms with E-state index in [9.17, 15) is 9.59 Å². The van der Waals surface area contributed by atoms with Gasteiger partial charge in [0.15, 0.2) is 0 Å². The third kappa shape index (κ3) is 5.95. The van der Waals surface area contributed by atoms with Gasteiger partial charge in [-0.05, 0) is 41.9 Å². The van der Waals surface area contributed by atoms with Gasteiger partial charge in [-0.15, -0.1) is 6.42 Å². The van der Waals surface area contributed by atoms with Gasteiger partial charge in [-0.3, -0.25) is 14.3 Å². The molecule has 0 atom stereocenters. The number of ether oxygens (including phenoxy) is 1. The third-order valence-electron chi connectivity index (χ3n) is 5.27. The van der Waals surface area contributed by atoms with Gasteiger partial charge in [0.25, 0.3) is 11.8 Å². The number of amides is 2. The summed E-state index contributed by atoms with van der Waals surface area (Å²) in [5.74, 6) is 2.58. The van der Waals surface area contributed by atoms with E-state index in [1.54, 1.807) is 72.4 Å². The number of terminal acetylenes is 1. The summed E-state index contributed by atoms with van der Waals surface area (Å²) < 4.78 is 7.00. The summed E-state index contributed by atoms with van der Waals surface area (Å²) in [6.45, 7) is 0.0631. The van der Waals surface area contributed by atoms with Gasteiger partial charge in [-0.25, -0.2) is 0 Å². The zero-order valence-electron chi connectivity index (χ0n) is 19.8. The topological polar surface area (TPSA) is 134 Å². The highest BCUT2D eigenvalue weighted by Gasteiger charge is 2.14. The van der Waals surface area contributed by atoms with E-state index in [0.717, 1.165) is 5.56 Å². The lowest BCUT2D eigenvalue weighted by molar-refractivity contribution is 0.101. The Morgan fingerprint density at radius 3 is 2.59 bits per heavy atom. The molecule has 0 saturated heterocycles. The van der Waals surface area contributed by atoms with E-state index in [1.165, 1.54) is 6.07 Å². The maximum Gasteiger partial charge on any atom is 0.259 e. The fraction of sp³-hybridized carbons (Fsp3) is 0.0741. The maximum atomic E-state index is 12.8. The van der Waals surface area contributed by atoms with Gasteiger partial charge in [-0.1, -0.05) is 47.4 Å². The number of anilines is 2. The van der Waals surface area contributed by atoms with Crippen molar-refractivity contribution in [1.82, 2.24) is 9.78 Å². The van der Waals surface area contributed by atoms with Crippen molar-refractivity contribution in [2.45, 2.75) is 0 Å². The van der Waals surface area contributed by atoms with Crippen molar-refractivity contribution < 1.29 is 14.3 Å². The summed E-state index contributed by atoms with van der Waals surface area (Å²) >= 11 is 0. The monoisotopic (exact) mass is 491 g/mol. The number of hydrogen-bond acceptors (Lipinski definition) is 5. The van der Waals surface area contributed by atoms with Crippen LogP contribution in [0.15, 0.2) is 84.0 Å². The van der Waals surface area contributed by atoms with E-state index in [0.29, 0.717) is 39.8 Å². The Bertz CT molecular complexity index is 1540. The SMILES string of the molecule is C#CCOc1ccccc1C(=O)Nc1ccc(-c2cc(NC(=O)c3cccc(N=[N+]=[N-])c3)n(C)n2)cc1. The molecule has 10 heteroatoms. The molecule has 10 nitrogen and oxygen atoms in total. The Morgan fingerprint density at radius 1 is 1.05 bits per heavy atom. The quantitative estimate of drug-likeness (QED) is 0.145. The molecular formula is C27H21N7O3. The Morgan fingerprint density at radius 2 is 1.84 bits per heavy atom. The molecular weight excluding hydrogens is 470 g/mol. The summed E-state index contributed by atoms with van der Waals surface area (Å²) in [7, 11) is 1.71. The predicted molar refractivity (Wildman–Crippen MR) is 141 cm³/mol. The smallest absolute Gasteiger partial charge is 0.259 e. The van der Waals surface area contributed by atoms with Crippen LogP contribution in [0.1, 0.15) is 20.7 Å². The molecule has 3 aromatic carbocycles. The first kappa shape index (κ1) is 24.6. The Hall–Kier alpha value is -5.52. The first-order valence-electron chi connectivity index (χ1n) is 11.1. The molecule has 1 aromatic heterocycles. The Kier molecular flexibility index (Phi) is 7.49. The summed E-state index contributed by atoms with van der Waals surface area (Å²) in [6, 6.07) is 22.1. The molecule has 2 amide bonds. The fourth-order valence-electron chi connectivity index (χ4n) is 3.50. The second-order valence-corrected chi connectivity index (χ2v) is 7.75. The molecule has 0 aliphatic heterocycles. The third-order valence-corrected chi connectivity index (χ3v) is 5.27. The van der Waals surface area contributed by atoms with Gasteiger partial charge in [0.1, 0.15) is 18.2 Å². The molecule has 0 radical (unpaired) electrons. The molecule has 0 aliphatic rings. The second-order valence-electron chi connectivity index (χ2n) is 7.75. The van der Waals surface area contributed by atoms with Gasteiger partial charge in [0.2, 0.25) is 0 Å². The second kappa shape index (κ2) is 11.3. The molecule has 4 aromatic rings. The predicted octanol–water partition coefficient (Wildman–Crippen LogP) is 5.55. The summed E-state index contributed by atoms with van der Waals surface area (Å²) in [6.07, 6.45) is 5.25. The lowest BCUT2D eigenvalue weighted by Gasteiger charge is -2.10. The minimum Gasteiger partial charge on any atom is -0.480 e. The van der Waals surface area contributed by atoms with E-state index in [2.05, 4.69) is 31.7 Å². The van der Waals surface area contributed by atoms with E-state index in [1.807, 2.05) is 12.1 Å². The zero-order valence-corrected chi connectivity index (χ0v) is 19.8. The van der Waals surface area contributed by atoms with Crippen molar-refractivity contribution in [3.8, 4) is 29.4 Å². The molecule has 0 saturated carbocycles. The van der Waals surface area contributed by atoms with Crippen molar-refractivity contribution in [3.05, 3.63) is 100 Å². The van der Waals surface area contributed by atoms with Crippen LogP contribution in [0.4, 0.5) is 17.2 Å². The van der Waals surface area contributed by atoms with Crippen LogP contribution in [0, 0.1) is 12.3 Å². The van der Waals surface area contributed by atoms with Crippen LogP contribution in [0.25, 0.3) is 21.7 Å². The van der Waals surface area contributed by atoms with Crippen molar-refractivity contribution in [2.24, 2.45) is 12.2 Å². The largest absolute Gasteiger partial charge is 0.480 e. The number of para-hydroxylation sites is 1. The van der Waals surface area contributed by atoms with Crippen molar-refractivity contribution >= 4 is 29.0 Å². The van der Waals surface area contributed by atoms with E-state index < -0.39 is 0 Å². The van der Waals surface area contributed by atoms with Crippen LogP contribution in [0.3, 0.4) is 0 Å². The molecule has 0 aliphatic carbocycles. The molecule has 4 rings (SSSR count). The van der Waals surface area contributed by atoms with Crippen LogP contribution in [-0.2, 0) is 7.05 Å². The summed E-state index contributed by atoms with van der Waals surface area (Å²) in [5, 5.41) is 13.6. The standard InChI is InChI=1S/C27H21N7O3/c1-3-15-37-24-10-5-4-9-22(24)27(36)29-20-13-11-18(12-14-20)23-17-25(34(2)32-23)30-26(35)19-7-6-8-21(16-19)31-33-28/h1,4-14,16-17H,15H2,2H3,(H,29,36)(H,30,35). The summed E-state index contributed by atoms with van der Waals surface area (Å²) in [5.41, 5.74) is 11.7. The molecule has 2 N–H and O–H groups in total. The van der Waals surface area contributed by atoms with Crippen molar-refractivity contribution in [3.63, 3.8) is 0 Å². The van der Waals surface area contributed by atoms with Crippen LogP contribution in [0.2, 0.25) is 0 Å². The number of aryl methyl sites for hydroxylation is 1. The highest BCUT2D eigenvalue weighted by Crippen LogP contribution is 2.25. The van der Waals surface area contributed by atoms with Gasteiger partial charge < -0.3 is 15.4 Å². The number of aromatic nitrogens is 2. The van der Waals surface area contributed by atoms with E-state index >= 15 is 0 Å². The lowest BCUT2D eigenvalue weighted by atomic mass is 10.1. The van der Waals surface area contributed by atoms with Gasteiger partial charge >= 0.3 is 0 Å². The minimum absolute atomic E-state index is 0.0631. The average Bonchev–Trinajstić information content (AvgIpc) is 3.28. The number of benzene rings is 3. The minimum atomic E-state index is -0.367. The molecule has 0 bridgehead atoms. The normalized spacial score (nSPS) is 10.1. The highest BCUT2D eigenvalue weighted by atomic mass is 16.5. The van der Waals surface area contributed by atoms with Gasteiger partial charge in [-0.2, -0.15) is 5.10 Å². The molecule has 182 valence electrons. The maximum absolute atomic E-state index is 12.8. The average molecular weight is 492 g/mol. The number of nitrogens with zero attached hydrogens (tertiary/aromatic N) is 5. The summed E-state index contributed by atoms with van der Waals surface area (Å²) in [4.78, 5) is 28.2. The first-order valence-corrected chi connectivity index (χ1v) is 11.1. The van der Waals surface area contributed by atoms with E-state index in [4.69, 9.17) is 16.7 Å². The van der Waals surface area contributed by atoms with Gasteiger partial charge in [0, 0.05) is 40.5 Å². The molecule has 0 unspecified atom stereocenters. The van der Waals surface area contributed by atoms with Crippen LogP contribution in [-0.4, -0.2) is 28.2 Å². The van der Waals surface area contributed by atoms with Crippen molar-refractivity contribution in [1.29, 1.82) is 0 Å². The zero-order chi connectivity index (χ0) is 26.2. The fourth-order valence-corrected chi connectivity index (χ4v) is 3.50. The number of carbonyl (C=O) groups excluding carboxylic acids is 2. The number of hydrogen-bond donors (Lipinski definition) is 2. The Labute approximate surface area is 212 Å². The van der Waals surface area contributed by atoms with Crippen LogP contribution in [0.5, 0.6) is 5.75 Å². The Balaban J connectivity index is 1.45. The van der Waals surface area contributed by atoms with E-state index in [-0.39, 0.29) is 18.4 Å².